The van der Waals surface area contributed by atoms with Crippen LogP contribution in [0.3, 0.4) is 0 Å². The predicted molar refractivity (Wildman–Crippen MR) is 272 cm³/mol. The normalized spacial score (nSPS) is 16.2. The molecule has 0 spiro atoms. The minimum absolute atomic E-state index is 0.0313. The van der Waals surface area contributed by atoms with Gasteiger partial charge in [0.1, 0.15) is 6.10 Å². The van der Waals surface area contributed by atoms with Crippen molar-refractivity contribution in [2.24, 2.45) is 11.8 Å². The van der Waals surface area contributed by atoms with Gasteiger partial charge in [0.05, 0.1) is 25.4 Å². The summed E-state index contributed by atoms with van der Waals surface area (Å²) in [6, 6.07) is 0. The van der Waals surface area contributed by atoms with Crippen LogP contribution in [-0.2, 0) is 38.1 Å². The maximum absolute atomic E-state index is 12.3. The van der Waals surface area contributed by atoms with E-state index in [1.807, 2.05) is 0 Å². The van der Waals surface area contributed by atoms with E-state index in [1.54, 1.807) is 0 Å². The molecule has 0 N–H and O–H groups in total. The molecular weight excluding hydrogens is 815 g/mol. The number of esters is 2. The first-order chi connectivity index (χ1) is 31.7. The van der Waals surface area contributed by atoms with Gasteiger partial charge in [-0.2, -0.15) is 0 Å². The SMILES string of the molecule is CCCCCC(CCCCC)CCOC(=O)CCCCCCCCOC1CC(OC=O)CC(OCCCCCCCC(=O)OCCC(CCCCC)CCCCC)C1.CCCCN(C)C. The summed E-state index contributed by atoms with van der Waals surface area (Å²) in [5, 5.41) is 0. The fourth-order valence-electron chi connectivity index (χ4n) is 9.01. The van der Waals surface area contributed by atoms with E-state index in [9.17, 15) is 14.4 Å². The Labute approximate surface area is 403 Å². The summed E-state index contributed by atoms with van der Waals surface area (Å²) in [7, 11) is 4.21. The second-order valence-electron chi connectivity index (χ2n) is 19.8. The first kappa shape index (κ1) is 63.3. The number of carbonyl (C=O) groups excluding carboxylic acids is 3. The second-order valence-corrected chi connectivity index (χ2v) is 19.8. The fourth-order valence-corrected chi connectivity index (χ4v) is 9.01. The number of hydrogen-bond acceptors (Lipinski definition) is 9. The summed E-state index contributed by atoms with van der Waals surface area (Å²) in [4.78, 5) is 37.9. The number of nitrogens with zero attached hydrogens (tertiary/aromatic N) is 1. The minimum atomic E-state index is -0.154. The molecule has 3 unspecified atom stereocenters. The Balaban J connectivity index is 0.00000537. The largest absolute Gasteiger partial charge is 0.466 e. The van der Waals surface area contributed by atoms with Gasteiger partial charge in [-0.1, -0.05) is 189 Å². The molecule has 0 aromatic rings. The number of ether oxygens (including phenoxy) is 5. The van der Waals surface area contributed by atoms with Crippen molar-refractivity contribution in [2.75, 3.05) is 47.1 Å². The zero-order valence-corrected chi connectivity index (χ0v) is 44.2. The van der Waals surface area contributed by atoms with E-state index in [0.29, 0.717) is 57.6 Å². The van der Waals surface area contributed by atoms with Gasteiger partial charge in [0.15, 0.2) is 0 Å². The molecule has 1 rings (SSSR count). The van der Waals surface area contributed by atoms with Crippen LogP contribution in [0, 0.1) is 11.8 Å². The van der Waals surface area contributed by atoms with E-state index in [2.05, 4.69) is 53.6 Å². The Hall–Kier alpha value is -1.71. The molecule has 65 heavy (non-hydrogen) atoms. The highest BCUT2D eigenvalue weighted by Gasteiger charge is 2.31. The average molecular weight is 924 g/mol. The van der Waals surface area contributed by atoms with Crippen LogP contribution >= 0.6 is 0 Å². The van der Waals surface area contributed by atoms with E-state index < -0.39 is 0 Å². The molecule has 1 aliphatic rings. The summed E-state index contributed by atoms with van der Waals surface area (Å²) < 4.78 is 29.1. The maximum atomic E-state index is 12.3. The minimum Gasteiger partial charge on any atom is -0.466 e. The lowest BCUT2D eigenvalue weighted by molar-refractivity contribution is -0.145. The van der Waals surface area contributed by atoms with E-state index >= 15 is 0 Å². The van der Waals surface area contributed by atoms with Gasteiger partial charge < -0.3 is 28.6 Å². The number of rotatable bonds is 46. The molecule has 0 bridgehead atoms. The van der Waals surface area contributed by atoms with Crippen molar-refractivity contribution in [2.45, 2.75) is 284 Å². The van der Waals surface area contributed by atoms with Gasteiger partial charge in [0, 0.05) is 45.3 Å². The Morgan fingerprint density at radius 1 is 0.446 bits per heavy atom. The third-order valence-electron chi connectivity index (χ3n) is 13.2. The first-order valence-corrected chi connectivity index (χ1v) is 28.0. The third kappa shape index (κ3) is 43.3. The van der Waals surface area contributed by atoms with Crippen molar-refractivity contribution in [1.29, 1.82) is 0 Å². The molecule has 0 aromatic carbocycles. The standard InChI is InChI=1S/C50H94O8.C6H15N/c1-5-9-20-28-44(29-21-10-6-2)34-38-56-49(52)32-24-16-13-14-18-26-36-54-46-40-47(42-48(41-46)58-43-51)55-37-27-19-15-17-25-33-50(53)57-39-35-45(30-22-11-7-3)31-23-12-8-4;1-4-5-6-7(2)3/h43-48H,5-42H2,1-4H3;4-6H2,1-3H3. The number of carbonyl (C=O) groups is 3. The molecule has 0 amide bonds. The predicted octanol–water partition coefficient (Wildman–Crippen LogP) is 15.3. The van der Waals surface area contributed by atoms with E-state index in [1.165, 1.54) is 122 Å². The maximum Gasteiger partial charge on any atom is 0.305 e. The van der Waals surface area contributed by atoms with Gasteiger partial charge in [-0.15, -0.1) is 0 Å². The van der Waals surface area contributed by atoms with Crippen molar-refractivity contribution < 1.29 is 38.1 Å². The van der Waals surface area contributed by atoms with Crippen molar-refractivity contribution in [3.8, 4) is 0 Å². The lowest BCUT2D eigenvalue weighted by atomic mass is 9.92. The Kier molecular flexibility index (Phi) is 47.5. The van der Waals surface area contributed by atoms with E-state index in [4.69, 9.17) is 23.7 Å². The Morgan fingerprint density at radius 3 is 1.14 bits per heavy atom. The molecule has 1 fully saturated rings. The zero-order chi connectivity index (χ0) is 47.9. The van der Waals surface area contributed by atoms with Crippen LogP contribution in [0.15, 0.2) is 0 Å². The molecular formula is C56H109NO8. The fraction of sp³-hybridized carbons (Fsp3) is 0.946. The Morgan fingerprint density at radius 2 is 0.800 bits per heavy atom. The summed E-state index contributed by atoms with van der Waals surface area (Å²) >= 11 is 0. The molecule has 0 heterocycles. The van der Waals surface area contributed by atoms with Crippen molar-refractivity contribution in [3.63, 3.8) is 0 Å². The topological polar surface area (TPSA) is 101 Å². The van der Waals surface area contributed by atoms with Crippen LogP contribution in [0.5, 0.6) is 0 Å². The van der Waals surface area contributed by atoms with E-state index in [-0.39, 0.29) is 30.3 Å². The molecule has 9 nitrogen and oxygen atoms in total. The van der Waals surface area contributed by atoms with Gasteiger partial charge in [0.2, 0.25) is 0 Å². The van der Waals surface area contributed by atoms with Crippen LogP contribution in [0.25, 0.3) is 0 Å². The highest BCUT2D eigenvalue weighted by Crippen LogP contribution is 2.27. The van der Waals surface area contributed by atoms with Gasteiger partial charge in [-0.05, 0) is 77.4 Å². The first-order valence-electron chi connectivity index (χ1n) is 28.0. The monoisotopic (exact) mass is 924 g/mol. The molecule has 3 atom stereocenters. The molecule has 0 radical (unpaired) electrons. The second kappa shape index (κ2) is 48.7. The van der Waals surface area contributed by atoms with Crippen LogP contribution in [0.1, 0.15) is 266 Å². The molecule has 386 valence electrons. The van der Waals surface area contributed by atoms with Crippen molar-refractivity contribution in [1.82, 2.24) is 4.90 Å². The Bertz CT molecular complexity index is 1010. The van der Waals surface area contributed by atoms with Gasteiger partial charge >= 0.3 is 11.9 Å². The van der Waals surface area contributed by atoms with Crippen LogP contribution in [0.2, 0.25) is 0 Å². The lowest BCUT2D eigenvalue weighted by Crippen LogP contribution is -2.37. The summed E-state index contributed by atoms with van der Waals surface area (Å²) in [6.45, 7) is 15.6. The summed E-state index contributed by atoms with van der Waals surface area (Å²) in [5.74, 6) is 1.32. The average Bonchev–Trinajstić information content (AvgIpc) is 3.28. The lowest BCUT2D eigenvalue weighted by Gasteiger charge is -2.33. The quantitative estimate of drug-likeness (QED) is 0.0256. The molecule has 0 aliphatic heterocycles. The molecule has 0 aromatic heterocycles. The molecule has 1 aliphatic carbocycles. The highest BCUT2D eigenvalue weighted by molar-refractivity contribution is 5.69. The summed E-state index contributed by atoms with van der Waals surface area (Å²) in [5.41, 5.74) is 0. The summed E-state index contributed by atoms with van der Waals surface area (Å²) in [6.07, 6.45) is 39.9. The zero-order valence-electron chi connectivity index (χ0n) is 44.2. The van der Waals surface area contributed by atoms with Gasteiger partial charge in [0.25, 0.3) is 6.47 Å². The number of unbranched alkanes of at least 4 members (excludes halogenated alkanes) is 18. The van der Waals surface area contributed by atoms with Crippen molar-refractivity contribution >= 4 is 18.4 Å². The molecule has 9 heteroatoms. The van der Waals surface area contributed by atoms with Crippen LogP contribution in [-0.4, -0.2) is 88.7 Å². The molecule has 1 saturated carbocycles. The third-order valence-corrected chi connectivity index (χ3v) is 13.2. The van der Waals surface area contributed by atoms with Crippen molar-refractivity contribution in [3.05, 3.63) is 0 Å². The van der Waals surface area contributed by atoms with E-state index in [0.717, 1.165) is 103 Å². The smallest absolute Gasteiger partial charge is 0.305 e. The van der Waals surface area contributed by atoms with Crippen LogP contribution < -0.4 is 0 Å². The molecule has 0 saturated heterocycles. The van der Waals surface area contributed by atoms with Crippen LogP contribution in [0.4, 0.5) is 0 Å². The number of hydrogen-bond donors (Lipinski definition) is 0. The highest BCUT2D eigenvalue weighted by atomic mass is 16.5. The van der Waals surface area contributed by atoms with Gasteiger partial charge in [-0.25, -0.2) is 0 Å². The van der Waals surface area contributed by atoms with Gasteiger partial charge in [-0.3, -0.25) is 14.4 Å².